The molecule has 1 aliphatic rings. The van der Waals surface area contributed by atoms with Crippen LogP contribution < -0.4 is 15.0 Å². The molecular formula is C21H23N3O5. The average molecular weight is 397 g/mol. The van der Waals surface area contributed by atoms with Crippen molar-refractivity contribution in [1.29, 1.82) is 0 Å². The Hall–Kier alpha value is -3.42. The monoisotopic (exact) mass is 397 g/mol. The number of rotatable bonds is 8. The number of ether oxygens (including phenoxy) is 1. The van der Waals surface area contributed by atoms with Gasteiger partial charge in [-0.3, -0.25) is 19.7 Å². The molecule has 0 unspecified atom stereocenters. The Bertz CT molecular complexity index is 928. The zero-order valence-corrected chi connectivity index (χ0v) is 16.2. The SMILES string of the molecule is CCOc1ccccc1C(=O)NCCCC(=O)N1CCc2ccc([N+](=O)[O-])cc21. The second kappa shape index (κ2) is 9.18. The molecule has 1 heterocycles. The number of nitro groups is 1. The molecule has 0 saturated heterocycles. The smallest absolute Gasteiger partial charge is 0.271 e. The third-order valence-electron chi connectivity index (χ3n) is 4.76. The van der Waals surface area contributed by atoms with Crippen LogP contribution in [0.1, 0.15) is 35.7 Å². The highest BCUT2D eigenvalue weighted by atomic mass is 16.6. The van der Waals surface area contributed by atoms with Crippen molar-refractivity contribution in [3.63, 3.8) is 0 Å². The van der Waals surface area contributed by atoms with Crippen molar-refractivity contribution in [2.45, 2.75) is 26.2 Å². The molecule has 152 valence electrons. The van der Waals surface area contributed by atoms with Crippen LogP contribution in [0.2, 0.25) is 0 Å². The topological polar surface area (TPSA) is 102 Å². The van der Waals surface area contributed by atoms with Crippen molar-refractivity contribution in [1.82, 2.24) is 5.32 Å². The Kier molecular flexibility index (Phi) is 6.43. The molecule has 2 aromatic carbocycles. The number of amides is 2. The molecular weight excluding hydrogens is 374 g/mol. The number of anilines is 1. The summed E-state index contributed by atoms with van der Waals surface area (Å²) in [7, 11) is 0. The van der Waals surface area contributed by atoms with Crippen LogP contribution in [-0.4, -0.2) is 36.4 Å². The number of hydrogen-bond donors (Lipinski definition) is 1. The molecule has 3 rings (SSSR count). The van der Waals surface area contributed by atoms with Crippen molar-refractivity contribution < 1.29 is 19.2 Å². The fraction of sp³-hybridized carbons (Fsp3) is 0.333. The zero-order valence-electron chi connectivity index (χ0n) is 16.2. The predicted octanol–water partition coefficient (Wildman–Crippen LogP) is 3.09. The standard InChI is InChI=1S/C21H23N3O5/c1-2-29-19-7-4-3-6-17(19)21(26)22-12-5-8-20(25)23-13-11-15-9-10-16(24(27)28)14-18(15)23/h3-4,6-7,9-10,14H,2,5,8,11-13H2,1H3,(H,22,26). The molecule has 0 spiro atoms. The molecule has 8 heteroatoms. The number of benzene rings is 2. The number of fused-ring (bicyclic) bond motifs is 1. The Morgan fingerprint density at radius 3 is 2.79 bits per heavy atom. The lowest BCUT2D eigenvalue weighted by molar-refractivity contribution is -0.384. The van der Waals surface area contributed by atoms with Crippen molar-refractivity contribution in [3.8, 4) is 5.75 Å². The fourth-order valence-corrected chi connectivity index (χ4v) is 3.35. The molecule has 8 nitrogen and oxygen atoms in total. The lowest BCUT2D eigenvalue weighted by Gasteiger charge is -2.17. The molecule has 0 saturated carbocycles. The number of carbonyl (C=O) groups excluding carboxylic acids is 2. The maximum Gasteiger partial charge on any atom is 0.271 e. The Morgan fingerprint density at radius 2 is 2.03 bits per heavy atom. The molecule has 29 heavy (non-hydrogen) atoms. The highest BCUT2D eigenvalue weighted by Gasteiger charge is 2.26. The molecule has 0 aliphatic carbocycles. The van der Waals surface area contributed by atoms with Crippen LogP contribution in [0.5, 0.6) is 5.75 Å². The van der Waals surface area contributed by atoms with Crippen LogP contribution in [-0.2, 0) is 11.2 Å². The molecule has 0 bridgehead atoms. The molecule has 1 aliphatic heterocycles. The van der Waals surface area contributed by atoms with Crippen molar-refractivity contribution in [2.75, 3.05) is 24.6 Å². The highest BCUT2D eigenvalue weighted by molar-refractivity contribution is 5.97. The van der Waals surface area contributed by atoms with E-state index in [4.69, 9.17) is 4.74 Å². The van der Waals surface area contributed by atoms with E-state index in [9.17, 15) is 19.7 Å². The van der Waals surface area contributed by atoms with E-state index in [2.05, 4.69) is 5.32 Å². The average Bonchev–Trinajstić information content (AvgIpc) is 3.15. The van der Waals surface area contributed by atoms with Gasteiger partial charge in [0.25, 0.3) is 11.6 Å². The summed E-state index contributed by atoms with van der Waals surface area (Å²) in [6, 6.07) is 11.6. The maximum absolute atomic E-state index is 12.6. The normalized spacial score (nSPS) is 12.4. The molecule has 0 radical (unpaired) electrons. The van der Waals surface area contributed by atoms with E-state index in [1.807, 2.05) is 6.92 Å². The van der Waals surface area contributed by atoms with Crippen LogP contribution in [0.25, 0.3) is 0 Å². The van der Waals surface area contributed by atoms with Crippen LogP contribution in [0.15, 0.2) is 42.5 Å². The number of carbonyl (C=O) groups is 2. The number of para-hydroxylation sites is 1. The van der Waals surface area contributed by atoms with Crippen LogP contribution in [0.4, 0.5) is 11.4 Å². The third kappa shape index (κ3) is 4.71. The molecule has 0 atom stereocenters. The number of nitrogens with zero attached hydrogens (tertiary/aromatic N) is 2. The first kappa shape index (κ1) is 20.3. The van der Waals surface area contributed by atoms with Crippen molar-refractivity contribution >= 4 is 23.2 Å². The summed E-state index contributed by atoms with van der Waals surface area (Å²) in [6.45, 7) is 3.18. The molecule has 2 aromatic rings. The van der Waals surface area contributed by atoms with E-state index >= 15 is 0 Å². The summed E-state index contributed by atoms with van der Waals surface area (Å²) in [5, 5.41) is 13.8. The number of nitrogens with one attached hydrogen (secondary N) is 1. The largest absolute Gasteiger partial charge is 0.493 e. The van der Waals surface area contributed by atoms with E-state index in [-0.39, 0.29) is 23.9 Å². The minimum absolute atomic E-state index is 0.0244. The van der Waals surface area contributed by atoms with Gasteiger partial charge in [-0.2, -0.15) is 0 Å². The summed E-state index contributed by atoms with van der Waals surface area (Å²) in [5.74, 6) is 0.177. The first-order valence-corrected chi connectivity index (χ1v) is 9.59. The van der Waals surface area contributed by atoms with Crippen LogP contribution in [0, 0.1) is 10.1 Å². The lowest BCUT2D eigenvalue weighted by atomic mass is 10.1. The fourth-order valence-electron chi connectivity index (χ4n) is 3.35. The molecule has 2 amide bonds. The number of non-ortho nitro benzene ring substituents is 1. The van der Waals surface area contributed by atoms with E-state index in [1.165, 1.54) is 12.1 Å². The summed E-state index contributed by atoms with van der Waals surface area (Å²) in [5.41, 5.74) is 1.98. The Balaban J connectivity index is 1.52. The quantitative estimate of drug-likeness (QED) is 0.419. The molecule has 0 fully saturated rings. The van der Waals surface area contributed by atoms with E-state index in [0.717, 1.165) is 5.56 Å². The summed E-state index contributed by atoms with van der Waals surface area (Å²) in [4.78, 5) is 37.0. The molecule has 0 aromatic heterocycles. The van der Waals surface area contributed by atoms with E-state index in [1.54, 1.807) is 35.2 Å². The van der Waals surface area contributed by atoms with Gasteiger partial charge in [-0.1, -0.05) is 18.2 Å². The first-order valence-electron chi connectivity index (χ1n) is 9.59. The van der Waals surface area contributed by atoms with Crippen molar-refractivity contribution in [3.05, 3.63) is 63.7 Å². The molecule has 1 N–H and O–H groups in total. The van der Waals surface area contributed by atoms with Gasteiger partial charge in [0.1, 0.15) is 5.75 Å². The second-order valence-electron chi connectivity index (χ2n) is 6.65. The van der Waals surface area contributed by atoms with E-state index < -0.39 is 4.92 Å². The zero-order chi connectivity index (χ0) is 20.8. The predicted molar refractivity (Wildman–Crippen MR) is 108 cm³/mol. The van der Waals surface area contributed by atoms with Gasteiger partial charge in [-0.25, -0.2) is 0 Å². The minimum Gasteiger partial charge on any atom is -0.493 e. The van der Waals surface area contributed by atoms with Gasteiger partial charge < -0.3 is 15.0 Å². The maximum atomic E-state index is 12.6. The van der Waals surface area contributed by atoms with Gasteiger partial charge in [0.15, 0.2) is 0 Å². The van der Waals surface area contributed by atoms with Gasteiger partial charge in [0, 0.05) is 31.6 Å². The summed E-state index contributed by atoms with van der Waals surface area (Å²) in [6.07, 6.45) is 1.40. The van der Waals surface area contributed by atoms with Gasteiger partial charge in [0.2, 0.25) is 5.91 Å². The summed E-state index contributed by atoms with van der Waals surface area (Å²) < 4.78 is 5.46. The first-order chi connectivity index (χ1) is 14.0. The van der Waals surface area contributed by atoms with Crippen LogP contribution >= 0.6 is 0 Å². The lowest BCUT2D eigenvalue weighted by Crippen LogP contribution is -2.30. The van der Waals surface area contributed by atoms with Crippen molar-refractivity contribution in [2.24, 2.45) is 0 Å². The number of nitro benzene ring substituents is 1. The van der Waals surface area contributed by atoms with E-state index in [0.29, 0.717) is 49.5 Å². The van der Waals surface area contributed by atoms with Gasteiger partial charge in [-0.15, -0.1) is 0 Å². The van der Waals surface area contributed by atoms with Crippen LogP contribution in [0.3, 0.4) is 0 Å². The van der Waals surface area contributed by atoms with Gasteiger partial charge >= 0.3 is 0 Å². The highest BCUT2D eigenvalue weighted by Crippen LogP contribution is 2.32. The van der Waals surface area contributed by atoms with Gasteiger partial charge in [0.05, 0.1) is 22.8 Å². The second-order valence-corrected chi connectivity index (χ2v) is 6.65. The Labute approximate surface area is 168 Å². The third-order valence-corrected chi connectivity index (χ3v) is 4.76. The minimum atomic E-state index is -0.461. The van der Waals surface area contributed by atoms with Gasteiger partial charge in [-0.05, 0) is 37.5 Å². The number of hydrogen-bond acceptors (Lipinski definition) is 5. The summed E-state index contributed by atoms with van der Waals surface area (Å²) >= 11 is 0. The Morgan fingerprint density at radius 1 is 1.24 bits per heavy atom.